The van der Waals surface area contributed by atoms with E-state index in [9.17, 15) is 4.79 Å². The van der Waals surface area contributed by atoms with Gasteiger partial charge in [0.05, 0.1) is 4.88 Å². The van der Waals surface area contributed by atoms with Crippen molar-refractivity contribution < 1.29 is 4.79 Å². The van der Waals surface area contributed by atoms with E-state index in [0.29, 0.717) is 4.88 Å². The first-order valence-corrected chi connectivity index (χ1v) is 7.02. The number of nitrogens with two attached hydrogens (primary N) is 1. The fourth-order valence-electron chi connectivity index (χ4n) is 2.12. The molecule has 0 spiro atoms. The minimum Gasteiger partial charge on any atom is -0.365 e. The van der Waals surface area contributed by atoms with Crippen LogP contribution in [0.3, 0.4) is 0 Å². The summed E-state index contributed by atoms with van der Waals surface area (Å²) in [6, 6.07) is 13.9. The van der Waals surface area contributed by atoms with Crippen molar-refractivity contribution in [2.45, 2.75) is 0 Å². The molecule has 1 aromatic carbocycles. The molecule has 0 aliphatic carbocycles. The molecular formula is C16H12N2OS. The minimum atomic E-state index is -0.386. The van der Waals surface area contributed by atoms with Gasteiger partial charge in [-0.15, -0.1) is 11.3 Å². The molecular weight excluding hydrogens is 268 g/mol. The Labute approximate surface area is 120 Å². The van der Waals surface area contributed by atoms with Gasteiger partial charge in [-0.05, 0) is 45.8 Å². The molecule has 0 aliphatic rings. The second kappa shape index (κ2) is 5.27. The number of carbonyl (C=O) groups is 1. The van der Waals surface area contributed by atoms with E-state index in [4.69, 9.17) is 5.73 Å². The zero-order valence-corrected chi connectivity index (χ0v) is 11.4. The molecule has 3 aromatic rings. The highest BCUT2D eigenvalue weighted by Crippen LogP contribution is 2.34. The predicted molar refractivity (Wildman–Crippen MR) is 81.5 cm³/mol. The normalized spacial score (nSPS) is 10.4. The molecule has 0 saturated carbocycles. The van der Waals surface area contributed by atoms with Crippen molar-refractivity contribution >= 4 is 17.2 Å². The number of primary amides is 1. The number of carbonyl (C=O) groups excluding carboxylic acids is 1. The fraction of sp³-hybridized carbons (Fsp3) is 0. The smallest absolute Gasteiger partial charge is 0.258 e. The molecule has 0 bridgehead atoms. The summed E-state index contributed by atoms with van der Waals surface area (Å²) in [5, 5.41) is 1.96. The predicted octanol–water partition coefficient (Wildman–Crippen LogP) is 3.58. The fourth-order valence-corrected chi connectivity index (χ4v) is 2.88. The van der Waals surface area contributed by atoms with Crippen LogP contribution in [0.5, 0.6) is 0 Å². The van der Waals surface area contributed by atoms with Gasteiger partial charge in [0.15, 0.2) is 0 Å². The van der Waals surface area contributed by atoms with E-state index in [1.807, 2.05) is 41.8 Å². The number of pyridine rings is 1. The quantitative estimate of drug-likeness (QED) is 0.797. The molecule has 3 rings (SSSR count). The second-order valence-electron chi connectivity index (χ2n) is 4.35. The van der Waals surface area contributed by atoms with Gasteiger partial charge < -0.3 is 5.73 Å². The van der Waals surface area contributed by atoms with Crippen LogP contribution in [0.25, 0.3) is 22.3 Å². The van der Waals surface area contributed by atoms with Crippen molar-refractivity contribution in [1.29, 1.82) is 0 Å². The largest absolute Gasteiger partial charge is 0.365 e. The summed E-state index contributed by atoms with van der Waals surface area (Å²) in [5.41, 5.74) is 9.63. The Kier molecular flexibility index (Phi) is 3.31. The topological polar surface area (TPSA) is 56.0 Å². The average molecular weight is 280 g/mol. The summed E-state index contributed by atoms with van der Waals surface area (Å²) in [7, 11) is 0. The Morgan fingerprint density at radius 3 is 2.25 bits per heavy atom. The standard InChI is InChI=1S/C16H12N2OS/c17-16(19)15-9-12(10-20-15)14-4-2-1-3-13(14)11-5-7-18-8-6-11/h1-10H,(H2,17,19). The molecule has 0 saturated heterocycles. The van der Waals surface area contributed by atoms with E-state index in [-0.39, 0.29) is 5.91 Å². The van der Waals surface area contributed by atoms with E-state index < -0.39 is 0 Å². The number of nitrogens with zero attached hydrogens (tertiary/aromatic N) is 1. The summed E-state index contributed by atoms with van der Waals surface area (Å²) in [6.45, 7) is 0. The summed E-state index contributed by atoms with van der Waals surface area (Å²) in [5.74, 6) is -0.386. The summed E-state index contributed by atoms with van der Waals surface area (Å²) < 4.78 is 0. The molecule has 98 valence electrons. The first-order chi connectivity index (χ1) is 9.75. The molecule has 1 amide bonds. The van der Waals surface area contributed by atoms with Gasteiger partial charge in [0.1, 0.15) is 0 Å². The number of hydrogen-bond donors (Lipinski definition) is 1. The highest BCUT2D eigenvalue weighted by Gasteiger charge is 2.10. The van der Waals surface area contributed by atoms with Gasteiger partial charge in [-0.25, -0.2) is 0 Å². The van der Waals surface area contributed by atoms with Gasteiger partial charge >= 0.3 is 0 Å². The molecule has 4 heteroatoms. The van der Waals surface area contributed by atoms with Gasteiger partial charge in [0.2, 0.25) is 0 Å². The number of hydrogen-bond acceptors (Lipinski definition) is 3. The van der Waals surface area contributed by atoms with Crippen LogP contribution in [-0.4, -0.2) is 10.9 Å². The van der Waals surface area contributed by atoms with Crippen LogP contribution < -0.4 is 5.73 Å². The van der Waals surface area contributed by atoms with E-state index in [1.165, 1.54) is 11.3 Å². The molecule has 2 aromatic heterocycles. The lowest BCUT2D eigenvalue weighted by molar-refractivity contribution is 0.100. The van der Waals surface area contributed by atoms with Gasteiger partial charge in [-0.2, -0.15) is 0 Å². The molecule has 0 radical (unpaired) electrons. The Balaban J connectivity index is 2.12. The second-order valence-corrected chi connectivity index (χ2v) is 5.26. The van der Waals surface area contributed by atoms with Crippen LogP contribution in [0.1, 0.15) is 9.67 Å². The van der Waals surface area contributed by atoms with Gasteiger partial charge in [0, 0.05) is 12.4 Å². The summed E-state index contributed by atoms with van der Waals surface area (Å²) >= 11 is 1.37. The lowest BCUT2D eigenvalue weighted by Gasteiger charge is -2.07. The van der Waals surface area contributed by atoms with Crippen molar-refractivity contribution in [1.82, 2.24) is 4.98 Å². The highest BCUT2D eigenvalue weighted by molar-refractivity contribution is 7.12. The number of aromatic nitrogens is 1. The Hall–Kier alpha value is -2.46. The third-order valence-corrected chi connectivity index (χ3v) is 4.02. The molecule has 2 N–H and O–H groups in total. The van der Waals surface area contributed by atoms with Gasteiger partial charge in [-0.3, -0.25) is 9.78 Å². The molecule has 0 aliphatic heterocycles. The third kappa shape index (κ3) is 2.33. The number of benzene rings is 1. The third-order valence-electron chi connectivity index (χ3n) is 3.07. The lowest BCUT2D eigenvalue weighted by Crippen LogP contribution is -2.08. The Morgan fingerprint density at radius 2 is 1.65 bits per heavy atom. The van der Waals surface area contributed by atoms with Crippen LogP contribution in [0.2, 0.25) is 0 Å². The monoisotopic (exact) mass is 280 g/mol. The molecule has 0 fully saturated rings. The highest BCUT2D eigenvalue weighted by atomic mass is 32.1. The Morgan fingerprint density at radius 1 is 1.00 bits per heavy atom. The molecule has 0 atom stereocenters. The summed E-state index contributed by atoms with van der Waals surface area (Å²) in [6.07, 6.45) is 3.54. The van der Waals surface area contributed by atoms with Crippen molar-refractivity contribution in [3.8, 4) is 22.3 Å². The van der Waals surface area contributed by atoms with Crippen molar-refractivity contribution in [2.24, 2.45) is 5.73 Å². The SMILES string of the molecule is NC(=O)c1cc(-c2ccccc2-c2ccncc2)cs1. The number of rotatable bonds is 3. The Bertz CT molecular complexity index is 750. The van der Waals surface area contributed by atoms with Crippen LogP contribution in [0, 0.1) is 0 Å². The number of amides is 1. The van der Waals surface area contributed by atoms with E-state index in [1.54, 1.807) is 12.4 Å². The van der Waals surface area contributed by atoms with E-state index >= 15 is 0 Å². The zero-order valence-electron chi connectivity index (χ0n) is 10.6. The maximum absolute atomic E-state index is 11.2. The van der Waals surface area contributed by atoms with Crippen molar-refractivity contribution in [3.05, 3.63) is 65.1 Å². The first-order valence-electron chi connectivity index (χ1n) is 6.14. The zero-order chi connectivity index (χ0) is 13.9. The van der Waals surface area contributed by atoms with E-state index in [2.05, 4.69) is 11.1 Å². The van der Waals surface area contributed by atoms with Crippen molar-refractivity contribution in [2.75, 3.05) is 0 Å². The van der Waals surface area contributed by atoms with E-state index in [0.717, 1.165) is 22.3 Å². The lowest BCUT2D eigenvalue weighted by atomic mass is 9.97. The first kappa shape index (κ1) is 12.6. The minimum absolute atomic E-state index is 0.386. The van der Waals surface area contributed by atoms with Crippen LogP contribution in [-0.2, 0) is 0 Å². The van der Waals surface area contributed by atoms with Gasteiger partial charge in [-0.1, -0.05) is 24.3 Å². The number of thiophene rings is 1. The van der Waals surface area contributed by atoms with Crippen LogP contribution in [0.4, 0.5) is 0 Å². The molecule has 2 heterocycles. The molecule has 20 heavy (non-hydrogen) atoms. The van der Waals surface area contributed by atoms with Crippen LogP contribution >= 0.6 is 11.3 Å². The van der Waals surface area contributed by atoms with Crippen molar-refractivity contribution in [3.63, 3.8) is 0 Å². The molecule has 0 unspecified atom stereocenters. The maximum atomic E-state index is 11.2. The maximum Gasteiger partial charge on any atom is 0.258 e. The van der Waals surface area contributed by atoms with Crippen LogP contribution in [0.15, 0.2) is 60.2 Å². The molecule has 3 nitrogen and oxygen atoms in total. The summed E-state index contributed by atoms with van der Waals surface area (Å²) in [4.78, 5) is 15.8. The average Bonchev–Trinajstić information content (AvgIpc) is 2.98. The van der Waals surface area contributed by atoms with Gasteiger partial charge in [0.25, 0.3) is 5.91 Å².